The van der Waals surface area contributed by atoms with E-state index in [0.29, 0.717) is 17.8 Å². The summed E-state index contributed by atoms with van der Waals surface area (Å²) < 4.78 is 2.26. The average Bonchev–Trinajstić information content (AvgIpc) is 3.56. The van der Waals surface area contributed by atoms with Gasteiger partial charge in [0, 0.05) is 36.6 Å². The molecule has 6 nitrogen and oxygen atoms in total. The second-order valence-corrected chi connectivity index (χ2v) is 11.6. The van der Waals surface area contributed by atoms with E-state index in [1.165, 1.54) is 54.3 Å². The van der Waals surface area contributed by atoms with Crippen LogP contribution >= 0.6 is 0 Å². The number of carbonyl (C=O) groups is 1. The maximum absolute atomic E-state index is 13.7. The van der Waals surface area contributed by atoms with Crippen LogP contribution in [0, 0.1) is 5.92 Å². The molecule has 0 radical (unpaired) electrons. The number of urea groups is 1. The molecule has 1 unspecified atom stereocenters. The maximum Gasteiger partial charge on any atom is 0.320 e. The highest BCUT2D eigenvalue weighted by Gasteiger charge is 2.31. The number of hydrogen-bond acceptors (Lipinski definition) is 3. The van der Waals surface area contributed by atoms with Gasteiger partial charge in [0.05, 0.1) is 5.69 Å². The first-order valence-electron chi connectivity index (χ1n) is 14.3. The summed E-state index contributed by atoms with van der Waals surface area (Å²) in [5, 5.41) is 7.89. The molecule has 198 valence electrons. The van der Waals surface area contributed by atoms with E-state index in [9.17, 15) is 4.79 Å². The first-order chi connectivity index (χ1) is 17.9. The third kappa shape index (κ3) is 5.34. The minimum absolute atomic E-state index is 0.132. The lowest BCUT2D eigenvalue weighted by Crippen LogP contribution is -2.39. The molecule has 3 heterocycles. The Morgan fingerprint density at radius 2 is 1.59 bits per heavy atom. The van der Waals surface area contributed by atoms with Crippen molar-refractivity contribution in [2.24, 2.45) is 5.92 Å². The lowest BCUT2D eigenvalue weighted by Gasteiger charge is -2.29. The number of benzene rings is 1. The van der Waals surface area contributed by atoms with Crippen molar-refractivity contribution in [3.05, 3.63) is 53.9 Å². The van der Waals surface area contributed by atoms with Gasteiger partial charge in [0.15, 0.2) is 0 Å². The Kier molecular flexibility index (Phi) is 7.73. The summed E-state index contributed by atoms with van der Waals surface area (Å²) in [6.45, 7) is 10.9. The van der Waals surface area contributed by atoms with E-state index in [2.05, 4.69) is 78.3 Å². The number of para-hydroxylation sites is 1. The van der Waals surface area contributed by atoms with Crippen LogP contribution in [-0.4, -0.2) is 28.7 Å². The van der Waals surface area contributed by atoms with Crippen LogP contribution in [0.4, 0.5) is 16.2 Å². The van der Waals surface area contributed by atoms with Gasteiger partial charge in [-0.15, -0.1) is 0 Å². The van der Waals surface area contributed by atoms with Gasteiger partial charge >= 0.3 is 6.03 Å². The van der Waals surface area contributed by atoms with Gasteiger partial charge in [0.2, 0.25) is 0 Å². The molecule has 1 saturated carbocycles. The van der Waals surface area contributed by atoms with Gasteiger partial charge in [-0.1, -0.05) is 58.7 Å². The van der Waals surface area contributed by atoms with Crippen molar-refractivity contribution in [1.29, 1.82) is 0 Å². The van der Waals surface area contributed by atoms with Crippen LogP contribution in [0.1, 0.15) is 102 Å². The highest BCUT2D eigenvalue weighted by molar-refractivity contribution is 5.93. The van der Waals surface area contributed by atoms with Crippen molar-refractivity contribution in [2.75, 3.05) is 23.3 Å². The zero-order chi connectivity index (χ0) is 25.9. The van der Waals surface area contributed by atoms with Crippen molar-refractivity contribution >= 4 is 28.4 Å². The second-order valence-electron chi connectivity index (χ2n) is 11.6. The van der Waals surface area contributed by atoms with Crippen LogP contribution in [0.2, 0.25) is 0 Å². The molecule has 5 rings (SSSR count). The number of amides is 2. The fourth-order valence-electron chi connectivity index (χ4n) is 6.33. The van der Waals surface area contributed by atoms with Crippen LogP contribution < -0.4 is 15.5 Å². The predicted octanol–water partition coefficient (Wildman–Crippen LogP) is 7.78. The van der Waals surface area contributed by atoms with Gasteiger partial charge < -0.3 is 20.1 Å². The summed E-state index contributed by atoms with van der Waals surface area (Å²) in [5.41, 5.74) is 5.53. The topological polar surface area (TPSA) is 62.2 Å². The molecule has 2 amide bonds. The smallest absolute Gasteiger partial charge is 0.320 e. The number of anilines is 2. The Bertz CT molecular complexity index is 1190. The molecular weight excluding hydrogens is 458 g/mol. The van der Waals surface area contributed by atoms with Crippen LogP contribution in [0.25, 0.3) is 11.0 Å². The van der Waals surface area contributed by atoms with E-state index in [-0.39, 0.29) is 12.2 Å². The number of hydrogen-bond donors (Lipinski definition) is 2. The van der Waals surface area contributed by atoms with Crippen LogP contribution in [0.3, 0.4) is 0 Å². The largest absolute Gasteiger partial charge is 0.370 e. The van der Waals surface area contributed by atoms with Crippen LogP contribution in [0.5, 0.6) is 0 Å². The maximum atomic E-state index is 13.7. The van der Waals surface area contributed by atoms with Crippen molar-refractivity contribution in [1.82, 2.24) is 14.9 Å². The molecule has 2 N–H and O–H groups in total. The first kappa shape index (κ1) is 25.6. The Labute approximate surface area is 221 Å². The summed E-state index contributed by atoms with van der Waals surface area (Å²) in [4.78, 5) is 21.0. The van der Waals surface area contributed by atoms with Crippen molar-refractivity contribution < 1.29 is 4.79 Å². The van der Waals surface area contributed by atoms with E-state index in [0.717, 1.165) is 37.3 Å². The first-order valence-corrected chi connectivity index (χ1v) is 14.3. The van der Waals surface area contributed by atoms with E-state index in [1.54, 1.807) is 0 Å². The molecule has 6 heteroatoms. The van der Waals surface area contributed by atoms with E-state index < -0.39 is 0 Å². The highest BCUT2D eigenvalue weighted by atomic mass is 16.2. The number of rotatable bonds is 7. The molecule has 0 bridgehead atoms. The molecule has 2 fully saturated rings. The standard InChI is InChI=1S/C31H43N5O/c1-21(2)24-14-10-15-25(22(3)4)28(24)33-31(37)34-29(23-12-6-7-13-23)36-20-27(35-18-8-5-9-19-35)26-16-11-17-32-30(26)36/h10-11,14-17,20-23,29H,5-9,12-13,18-19H2,1-4H3,(H2,33,34,37). The van der Waals surface area contributed by atoms with Crippen LogP contribution in [0.15, 0.2) is 42.7 Å². The van der Waals surface area contributed by atoms with Crippen molar-refractivity contribution in [3.8, 4) is 0 Å². The fourth-order valence-corrected chi connectivity index (χ4v) is 6.33. The normalized spacial score (nSPS) is 17.6. The second kappa shape index (κ2) is 11.2. The van der Waals surface area contributed by atoms with E-state index >= 15 is 0 Å². The van der Waals surface area contributed by atoms with E-state index in [4.69, 9.17) is 4.98 Å². The number of aromatic nitrogens is 2. The van der Waals surface area contributed by atoms with Crippen LogP contribution in [-0.2, 0) is 0 Å². The van der Waals surface area contributed by atoms with Gasteiger partial charge in [-0.25, -0.2) is 9.78 Å². The van der Waals surface area contributed by atoms with Gasteiger partial charge in [0.1, 0.15) is 11.8 Å². The summed E-state index contributed by atoms with van der Waals surface area (Å²) >= 11 is 0. The quantitative estimate of drug-likeness (QED) is 0.347. The number of nitrogens with zero attached hydrogens (tertiary/aromatic N) is 3. The third-order valence-electron chi connectivity index (χ3n) is 8.30. The third-order valence-corrected chi connectivity index (χ3v) is 8.30. The number of fused-ring (bicyclic) bond motifs is 1. The van der Waals surface area contributed by atoms with Gasteiger partial charge in [0.25, 0.3) is 0 Å². The average molecular weight is 502 g/mol. The Balaban J connectivity index is 1.49. The van der Waals surface area contributed by atoms with Gasteiger partial charge in [-0.05, 0) is 73.1 Å². The SMILES string of the molecule is CC(C)c1cccc(C(C)C)c1NC(=O)NC(C1CCCC1)n1cc(N2CCCCC2)c2cccnc21. The predicted molar refractivity (Wildman–Crippen MR) is 154 cm³/mol. The highest BCUT2D eigenvalue weighted by Crippen LogP contribution is 2.38. The summed E-state index contributed by atoms with van der Waals surface area (Å²) in [5.74, 6) is 1.04. The minimum Gasteiger partial charge on any atom is -0.370 e. The minimum atomic E-state index is -0.135. The molecule has 0 spiro atoms. The molecule has 37 heavy (non-hydrogen) atoms. The molecule has 3 aromatic rings. The number of nitrogens with one attached hydrogen (secondary N) is 2. The van der Waals surface area contributed by atoms with E-state index in [1.807, 2.05) is 12.3 Å². The zero-order valence-corrected chi connectivity index (χ0v) is 23.0. The summed E-state index contributed by atoms with van der Waals surface area (Å²) in [7, 11) is 0. The molecular formula is C31H43N5O. The molecule has 1 atom stereocenters. The molecule has 1 saturated heterocycles. The molecule has 1 aliphatic heterocycles. The lowest BCUT2D eigenvalue weighted by molar-refractivity contribution is 0.229. The molecule has 2 aliphatic rings. The number of carbonyl (C=O) groups excluding carboxylic acids is 1. The Morgan fingerprint density at radius 1 is 0.919 bits per heavy atom. The Morgan fingerprint density at radius 3 is 2.24 bits per heavy atom. The Hall–Kier alpha value is -3.02. The zero-order valence-electron chi connectivity index (χ0n) is 23.0. The van der Waals surface area contributed by atoms with Crippen molar-refractivity contribution in [2.45, 2.75) is 90.6 Å². The van der Waals surface area contributed by atoms with Gasteiger partial charge in [-0.3, -0.25) is 0 Å². The van der Waals surface area contributed by atoms with Crippen molar-refractivity contribution in [3.63, 3.8) is 0 Å². The number of pyridine rings is 1. The number of piperidine rings is 1. The summed E-state index contributed by atoms with van der Waals surface area (Å²) in [6.07, 6.45) is 12.4. The fraction of sp³-hybridized carbons (Fsp3) is 0.548. The molecule has 1 aliphatic carbocycles. The molecule has 2 aromatic heterocycles. The van der Waals surface area contributed by atoms with Gasteiger partial charge in [-0.2, -0.15) is 0 Å². The lowest BCUT2D eigenvalue weighted by atomic mass is 9.93. The summed E-state index contributed by atoms with van der Waals surface area (Å²) in [6, 6.07) is 10.5. The monoisotopic (exact) mass is 501 g/mol. The molecule has 1 aromatic carbocycles.